The summed E-state index contributed by atoms with van der Waals surface area (Å²) >= 11 is 0. The van der Waals surface area contributed by atoms with Crippen molar-refractivity contribution < 1.29 is 19.7 Å². The summed E-state index contributed by atoms with van der Waals surface area (Å²) in [5.41, 5.74) is 1.21. The molecule has 1 saturated heterocycles. The Kier molecular flexibility index (Phi) is 4.43. The molecule has 6 heteroatoms. The van der Waals surface area contributed by atoms with Crippen LogP contribution in [-0.2, 0) is 14.4 Å². The van der Waals surface area contributed by atoms with Crippen LogP contribution < -0.4 is 15.5 Å². The van der Waals surface area contributed by atoms with Gasteiger partial charge in [0.05, 0.1) is 18.2 Å². The fraction of sp³-hybridized carbons (Fsp3) is 0.471. The van der Waals surface area contributed by atoms with E-state index in [9.17, 15) is 14.4 Å². The first-order valence-electron chi connectivity index (χ1n) is 8.14. The van der Waals surface area contributed by atoms with Gasteiger partial charge in [0, 0.05) is 12.6 Å². The highest BCUT2D eigenvalue weighted by molar-refractivity contribution is 6.21. The predicted molar refractivity (Wildman–Crippen MR) is 85.8 cm³/mol. The molecule has 3 rings (SSSR count). The second kappa shape index (κ2) is 6.50. The van der Waals surface area contributed by atoms with Crippen LogP contribution in [0.4, 0.5) is 11.4 Å². The Morgan fingerprint density at radius 1 is 1.17 bits per heavy atom. The molecule has 2 fully saturated rings. The van der Waals surface area contributed by atoms with E-state index in [1.54, 1.807) is 24.3 Å². The molecule has 2 aliphatic rings. The van der Waals surface area contributed by atoms with Gasteiger partial charge in [-0.3, -0.25) is 14.4 Å². The third-order valence-electron chi connectivity index (χ3n) is 4.53. The van der Waals surface area contributed by atoms with Crippen molar-refractivity contribution in [2.75, 3.05) is 10.2 Å². The van der Waals surface area contributed by atoms with E-state index in [1.807, 2.05) is 0 Å². The highest BCUT2D eigenvalue weighted by Gasteiger charge is 2.43. The van der Waals surface area contributed by atoms with Gasteiger partial charge in [0.2, 0.25) is 11.8 Å². The molecule has 0 spiro atoms. The number of anilines is 2. The van der Waals surface area contributed by atoms with Gasteiger partial charge in [-0.2, -0.15) is 0 Å². The van der Waals surface area contributed by atoms with Gasteiger partial charge >= 0.3 is 0 Å². The van der Waals surface area contributed by atoms with Crippen LogP contribution in [0, 0.1) is 0 Å². The van der Waals surface area contributed by atoms with Crippen LogP contribution in [0.5, 0.6) is 0 Å². The van der Waals surface area contributed by atoms with E-state index in [0.29, 0.717) is 17.4 Å². The third-order valence-corrected chi connectivity index (χ3v) is 4.53. The molecule has 122 valence electrons. The molecule has 1 atom stereocenters. The van der Waals surface area contributed by atoms with Crippen molar-refractivity contribution in [2.45, 2.75) is 51.1 Å². The van der Waals surface area contributed by atoms with Crippen LogP contribution in [0.25, 0.3) is 0 Å². The Bertz CT molecular complexity index is 620. The fourth-order valence-electron chi connectivity index (χ4n) is 3.45. The number of carbonyl (C=O) groups excluding carboxylic acids is 3. The Labute approximate surface area is 135 Å². The SMILES string of the molecule is CC(=O)Nc1ccc(N2C(=O)C[C@H]([NH2+]C3CCCC3)C2=O)cc1. The van der Waals surface area contributed by atoms with Crippen molar-refractivity contribution in [2.24, 2.45) is 0 Å². The summed E-state index contributed by atoms with van der Waals surface area (Å²) in [7, 11) is 0. The molecule has 3 N–H and O–H groups in total. The van der Waals surface area contributed by atoms with Gasteiger partial charge < -0.3 is 10.6 Å². The van der Waals surface area contributed by atoms with Gasteiger partial charge in [-0.15, -0.1) is 0 Å². The lowest BCUT2D eigenvalue weighted by molar-refractivity contribution is -0.706. The number of imide groups is 1. The number of hydrogen-bond acceptors (Lipinski definition) is 3. The summed E-state index contributed by atoms with van der Waals surface area (Å²) in [5.74, 6) is -0.437. The summed E-state index contributed by atoms with van der Waals surface area (Å²) in [4.78, 5) is 37.1. The van der Waals surface area contributed by atoms with E-state index >= 15 is 0 Å². The molecule has 23 heavy (non-hydrogen) atoms. The summed E-state index contributed by atoms with van der Waals surface area (Å²) in [6.45, 7) is 1.44. The summed E-state index contributed by atoms with van der Waals surface area (Å²) < 4.78 is 0. The summed E-state index contributed by atoms with van der Waals surface area (Å²) in [5, 5.41) is 4.75. The molecule has 1 aromatic rings. The maximum atomic E-state index is 12.6. The van der Waals surface area contributed by atoms with Crippen LogP contribution in [-0.4, -0.2) is 29.8 Å². The quantitative estimate of drug-likeness (QED) is 0.805. The van der Waals surface area contributed by atoms with Crippen LogP contribution in [0.1, 0.15) is 39.0 Å². The standard InChI is InChI=1S/C17H21N3O3/c1-11(21)18-13-6-8-14(9-7-13)20-16(22)10-15(17(20)23)19-12-4-2-3-5-12/h6-9,12,15,19H,2-5,10H2,1H3,(H,18,21)/p+1/t15-/m0/s1. The Balaban J connectivity index is 1.70. The highest BCUT2D eigenvalue weighted by Crippen LogP contribution is 2.24. The monoisotopic (exact) mass is 316 g/mol. The second-order valence-electron chi connectivity index (χ2n) is 6.34. The number of carbonyl (C=O) groups is 3. The number of amides is 3. The number of nitrogens with one attached hydrogen (secondary N) is 1. The molecular weight excluding hydrogens is 294 g/mol. The molecule has 1 aliphatic carbocycles. The van der Waals surface area contributed by atoms with E-state index in [0.717, 1.165) is 12.8 Å². The zero-order valence-corrected chi connectivity index (χ0v) is 13.2. The zero-order valence-electron chi connectivity index (χ0n) is 13.2. The van der Waals surface area contributed by atoms with Gasteiger partial charge in [-0.1, -0.05) is 0 Å². The lowest BCUT2D eigenvalue weighted by Crippen LogP contribution is -2.95. The molecule has 0 unspecified atom stereocenters. The van der Waals surface area contributed by atoms with E-state index in [2.05, 4.69) is 10.6 Å². The minimum absolute atomic E-state index is 0.130. The van der Waals surface area contributed by atoms with E-state index in [-0.39, 0.29) is 30.2 Å². The molecule has 1 aromatic carbocycles. The molecule has 3 amide bonds. The molecular formula is C17H22N3O3+. The lowest BCUT2D eigenvalue weighted by Gasteiger charge is -2.16. The maximum Gasteiger partial charge on any atom is 0.292 e. The molecule has 1 heterocycles. The summed E-state index contributed by atoms with van der Waals surface area (Å²) in [6.07, 6.45) is 4.95. The van der Waals surface area contributed by atoms with Crippen molar-refractivity contribution in [1.29, 1.82) is 0 Å². The van der Waals surface area contributed by atoms with Gasteiger partial charge in [-0.25, -0.2) is 4.90 Å². The average molecular weight is 316 g/mol. The number of nitrogens with zero attached hydrogens (tertiary/aromatic N) is 1. The largest absolute Gasteiger partial charge is 0.333 e. The molecule has 0 bridgehead atoms. The van der Waals surface area contributed by atoms with Gasteiger partial charge in [0.25, 0.3) is 5.91 Å². The predicted octanol–water partition coefficient (Wildman–Crippen LogP) is 0.783. The minimum Gasteiger partial charge on any atom is -0.333 e. The average Bonchev–Trinajstić information content (AvgIpc) is 3.09. The smallest absolute Gasteiger partial charge is 0.292 e. The Morgan fingerprint density at radius 3 is 2.43 bits per heavy atom. The maximum absolute atomic E-state index is 12.6. The van der Waals surface area contributed by atoms with Crippen molar-refractivity contribution in [3.05, 3.63) is 24.3 Å². The number of nitrogens with two attached hydrogens (primary N) is 1. The topological polar surface area (TPSA) is 83.1 Å². The molecule has 6 nitrogen and oxygen atoms in total. The first-order valence-corrected chi connectivity index (χ1v) is 8.14. The van der Waals surface area contributed by atoms with Crippen molar-refractivity contribution in [3.8, 4) is 0 Å². The van der Waals surface area contributed by atoms with Gasteiger partial charge in [-0.05, 0) is 49.9 Å². The first-order chi connectivity index (χ1) is 11.0. The Hall–Kier alpha value is -2.21. The molecule has 0 radical (unpaired) electrons. The van der Waals surface area contributed by atoms with E-state index in [4.69, 9.17) is 0 Å². The van der Waals surface area contributed by atoms with Crippen molar-refractivity contribution in [3.63, 3.8) is 0 Å². The van der Waals surface area contributed by atoms with Crippen LogP contribution >= 0.6 is 0 Å². The van der Waals surface area contributed by atoms with Crippen molar-refractivity contribution in [1.82, 2.24) is 0 Å². The second-order valence-corrected chi connectivity index (χ2v) is 6.34. The third kappa shape index (κ3) is 3.42. The zero-order chi connectivity index (χ0) is 16.4. The number of quaternary nitrogens is 1. The molecule has 1 aliphatic heterocycles. The normalized spacial score (nSPS) is 22.0. The van der Waals surface area contributed by atoms with E-state index in [1.165, 1.54) is 24.7 Å². The highest BCUT2D eigenvalue weighted by atomic mass is 16.2. The van der Waals surface area contributed by atoms with Crippen LogP contribution in [0.2, 0.25) is 0 Å². The van der Waals surface area contributed by atoms with E-state index < -0.39 is 0 Å². The fourth-order valence-corrected chi connectivity index (χ4v) is 3.45. The number of hydrogen-bond donors (Lipinski definition) is 2. The lowest BCUT2D eigenvalue weighted by atomic mass is 10.2. The van der Waals surface area contributed by atoms with Gasteiger partial charge in [0.15, 0.2) is 6.04 Å². The Morgan fingerprint density at radius 2 is 1.83 bits per heavy atom. The van der Waals surface area contributed by atoms with Gasteiger partial charge in [0.1, 0.15) is 0 Å². The van der Waals surface area contributed by atoms with Crippen molar-refractivity contribution >= 4 is 29.1 Å². The first kappa shape index (κ1) is 15.7. The van der Waals surface area contributed by atoms with Crippen LogP contribution in [0.15, 0.2) is 24.3 Å². The molecule has 1 saturated carbocycles. The molecule has 0 aromatic heterocycles. The summed E-state index contributed by atoms with van der Waals surface area (Å²) in [6, 6.07) is 6.97. The number of rotatable bonds is 4. The van der Waals surface area contributed by atoms with Crippen LogP contribution in [0.3, 0.4) is 0 Å². The number of benzene rings is 1. The minimum atomic E-state index is -0.291.